The number of amides is 1. The molecule has 7 heteroatoms. The number of H-pyrrole nitrogens is 1. The maximum Gasteiger partial charge on any atom is 0.223 e. The first-order valence-corrected chi connectivity index (χ1v) is 11.4. The second kappa shape index (κ2) is 9.17. The molecular formula is C26H28FN5O. The summed E-state index contributed by atoms with van der Waals surface area (Å²) in [6.07, 6.45) is 7.77. The van der Waals surface area contributed by atoms with Crippen LogP contribution in [0.4, 0.5) is 10.1 Å². The molecule has 5 rings (SSSR count). The number of benzene rings is 2. The van der Waals surface area contributed by atoms with Crippen molar-refractivity contribution in [3.8, 4) is 11.1 Å². The Bertz CT molecular complexity index is 1140. The van der Waals surface area contributed by atoms with E-state index in [9.17, 15) is 9.18 Å². The molecular weight excluding hydrogens is 417 g/mol. The zero-order valence-corrected chi connectivity index (χ0v) is 18.7. The molecule has 3 heterocycles. The fraction of sp³-hybridized carbons (Fsp3) is 0.346. The van der Waals surface area contributed by atoms with Gasteiger partial charge in [0.05, 0.1) is 6.20 Å². The summed E-state index contributed by atoms with van der Waals surface area (Å²) in [5.41, 5.74) is 5.37. The van der Waals surface area contributed by atoms with Crippen molar-refractivity contribution in [2.75, 3.05) is 31.6 Å². The highest BCUT2D eigenvalue weighted by molar-refractivity contribution is 5.90. The van der Waals surface area contributed by atoms with Crippen LogP contribution in [-0.4, -0.2) is 59.9 Å². The van der Waals surface area contributed by atoms with E-state index in [0.29, 0.717) is 18.8 Å². The normalized spacial score (nSPS) is 20.1. The molecule has 1 N–H and O–H groups in total. The minimum Gasteiger partial charge on any atom is -0.369 e. The third-order valence-corrected chi connectivity index (χ3v) is 6.74. The van der Waals surface area contributed by atoms with Crippen LogP contribution in [0.5, 0.6) is 0 Å². The van der Waals surface area contributed by atoms with Crippen LogP contribution >= 0.6 is 0 Å². The van der Waals surface area contributed by atoms with Gasteiger partial charge >= 0.3 is 0 Å². The van der Waals surface area contributed by atoms with Gasteiger partial charge in [-0.25, -0.2) is 4.39 Å². The molecule has 33 heavy (non-hydrogen) atoms. The summed E-state index contributed by atoms with van der Waals surface area (Å²) >= 11 is 0. The van der Waals surface area contributed by atoms with Crippen molar-refractivity contribution in [1.82, 2.24) is 15.1 Å². The topological polar surface area (TPSA) is 64.6 Å². The Labute approximate surface area is 193 Å². The van der Waals surface area contributed by atoms with Crippen molar-refractivity contribution in [1.29, 1.82) is 0 Å². The number of fused-ring (bicyclic) bond motifs is 2. The molecule has 1 amide bonds. The first-order chi connectivity index (χ1) is 16.1. The highest BCUT2D eigenvalue weighted by Gasteiger charge is 2.40. The number of anilines is 1. The standard InChI is InChI=1S/C26H28FN5O/c1-28-12-21-11-20(22-13-29-30-14-22)5-8-25(21)31-15-19-10-24(17-31)32(16-19)26(33)9-4-18-2-6-23(27)7-3-18/h2-3,5-8,11-14,19,24H,4,9-10,15-17H2,1H3,(H,29,30)/b28-12-/t19-,24-/m0/s1. The summed E-state index contributed by atoms with van der Waals surface area (Å²) in [5.74, 6) is 0.418. The van der Waals surface area contributed by atoms with Crippen LogP contribution in [0.2, 0.25) is 0 Å². The van der Waals surface area contributed by atoms with E-state index in [4.69, 9.17) is 0 Å². The van der Waals surface area contributed by atoms with E-state index >= 15 is 0 Å². The van der Waals surface area contributed by atoms with Gasteiger partial charge in [0.2, 0.25) is 5.91 Å². The van der Waals surface area contributed by atoms with E-state index in [1.54, 1.807) is 19.2 Å². The molecule has 0 unspecified atom stereocenters. The van der Waals surface area contributed by atoms with E-state index < -0.39 is 0 Å². The van der Waals surface area contributed by atoms with Crippen LogP contribution in [0.1, 0.15) is 24.0 Å². The van der Waals surface area contributed by atoms with Gasteiger partial charge in [0, 0.05) is 68.4 Å². The second-order valence-electron chi connectivity index (χ2n) is 8.98. The lowest BCUT2D eigenvalue weighted by molar-refractivity contribution is -0.131. The number of carbonyl (C=O) groups is 1. The number of rotatable bonds is 6. The van der Waals surface area contributed by atoms with Crippen molar-refractivity contribution in [3.05, 3.63) is 71.8 Å². The Balaban J connectivity index is 1.29. The number of nitrogens with zero attached hydrogens (tertiary/aromatic N) is 4. The maximum atomic E-state index is 13.1. The molecule has 2 aromatic carbocycles. The molecule has 2 bridgehead atoms. The molecule has 2 aliphatic heterocycles. The van der Waals surface area contributed by atoms with E-state index in [0.717, 1.165) is 54.0 Å². The summed E-state index contributed by atoms with van der Waals surface area (Å²) in [5, 5.41) is 6.92. The number of halogens is 1. The third kappa shape index (κ3) is 4.53. The predicted molar refractivity (Wildman–Crippen MR) is 128 cm³/mol. The van der Waals surface area contributed by atoms with E-state index in [1.165, 1.54) is 12.1 Å². The first kappa shape index (κ1) is 21.4. The van der Waals surface area contributed by atoms with Crippen LogP contribution in [0.25, 0.3) is 11.1 Å². The van der Waals surface area contributed by atoms with Gasteiger partial charge in [-0.05, 0) is 54.2 Å². The highest BCUT2D eigenvalue weighted by Crippen LogP contribution is 2.35. The SMILES string of the molecule is C/N=C\c1cc(-c2cn[nH]c2)ccc1N1C[C@@H]2C[C@@H](C1)N(C(=O)CCc1ccc(F)cc1)C2. The molecule has 0 radical (unpaired) electrons. The maximum absolute atomic E-state index is 13.1. The number of hydrogen-bond donors (Lipinski definition) is 1. The fourth-order valence-electron chi connectivity index (χ4n) is 5.18. The summed E-state index contributed by atoms with van der Waals surface area (Å²) in [4.78, 5) is 21.8. The van der Waals surface area contributed by atoms with Gasteiger partial charge in [-0.1, -0.05) is 18.2 Å². The van der Waals surface area contributed by atoms with Gasteiger partial charge < -0.3 is 9.80 Å². The van der Waals surface area contributed by atoms with Gasteiger partial charge in [-0.15, -0.1) is 0 Å². The van der Waals surface area contributed by atoms with Gasteiger partial charge in [-0.3, -0.25) is 14.9 Å². The number of likely N-dealkylation sites (tertiary alicyclic amines) is 1. The Morgan fingerprint density at radius 3 is 2.79 bits per heavy atom. The Kier molecular flexibility index (Phi) is 5.94. The quantitative estimate of drug-likeness (QED) is 0.585. The largest absolute Gasteiger partial charge is 0.369 e. The van der Waals surface area contributed by atoms with Crippen LogP contribution < -0.4 is 4.90 Å². The number of aromatic nitrogens is 2. The third-order valence-electron chi connectivity index (χ3n) is 6.74. The molecule has 2 fully saturated rings. The molecule has 170 valence electrons. The zero-order chi connectivity index (χ0) is 22.8. The number of aromatic amines is 1. The lowest BCUT2D eigenvalue weighted by atomic mass is 9.97. The van der Waals surface area contributed by atoms with Crippen LogP contribution in [0, 0.1) is 11.7 Å². The number of carbonyl (C=O) groups excluding carboxylic acids is 1. The second-order valence-corrected chi connectivity index (χ2v) is 8.98. The molecule has 2 atom stereocenters. The molecule has 0 saturated carbocycles. The van der Waals surface area contributed by atoms with Crippen LogP contribution in [-0.2, 0) is 11.2 Å². The van der Waals surface area contributed by atoms with Gasteiger partial charge in [-0.2, -0.15) is 5.10 Å². The lowest BCUT2D eigenvalue weighted by Gasteiger charge is -2.35. The zero-order valence-electron chi connectivity index (χ0n) is 18.7. The average Bonchev–Trinajstić information content (AvgIpc) is 3.46. The van der Waals surface area contributed by atoms with Crippen molar-refractivity contribution in [2.45, 2.75) is 25.3 Å². The highest BCUT2D eigenvalue weighted by atomic mass is 19.1. The monoisotopic (exact) mass is 445 g/mol. The van der Waals surface area contributed by atoms with Gasteiger partial charge in [0.25, 0.3) is 0 Å². The smallest absolute Gasteiger partial charge is 0.223 e. The summed E-state index contributed by atoms with van der Waals surface area (Å²) in [6, 6.07) is 13.1. The summed E-state index contributed by atoms with van der Waals surface area (Å²) < 4.78 is 13.1. The predicted octanol–water partition coefficient (Wildman–Crippen LogP) is 3.93. The molecule has 3 aromatic rings. The minimum absolute atomic E-state index is 0.194. The number of nitrogens with one attached hydrogen (secondary N) is 1. The fourth-order valence-corrected chi connectivity index (χ4v) is 5.18. The van der Waals surface area contributed by atoms with Crippen molar-refractivity contribution >= 4 is 17.8 Å². The molecule has 2 saturated heterocycles. The van der Waals surface area contributed by atoms with Crippen LogP contribution in [0.3, 0.4) is 0 Å². The molecule has 0 spiro atoms. The average molecular weight is 446 g/mol. The minimum atomic E-state index is -0.246. The van der Waals surface area contributed by atoms with E-state index in [1.807, 2.05) is 18.6 Å². The Morgan fingerprint density at radius 2 is 2.03 bits per heavy atom. The van der Waals surface area contributed by atoms with Gasteiger partial charge in [0.15, 0.2) is 0 Å². The summed E-state index contributed by atoms with van der Waals surface area (Å²) in [6.45, 7) is 2.58. The lowest BCUT2D eigenvalue weighted by Crippen LogP contribution is -2.44. The number of piperidine rings is 1. The Hall–Kier alpha value is -3.48. The van der Waals surface area contributed by atoms with E-state index in [-0.39, 0.29) is 17.8 Å². The summed E-state index contributed by atoms with van der Waals surface area (Å²) in [7, 11) is 1.79. The number of aliphatic imine (C=N–C) groups is 1. The molecule has 6 nitrogen and oxygen atoms in total. The van der Waals surface area contributed by atoms with Crippen molar-refractivity contribution in [3.63, 3.8) is 0 Å². The molecule has 1 aromatic heterocycles. The molecule has 2 aliphatic rings. The van der Waals surface area contributed by atoms with E-state index in [2.05, 4.69) is 43.2 Å². The van der Waals surface area contributed by atoms with Crippen molar-refractivity contribution < 1.29 is 9.18 Å². The van der Waals surface area contributed by atoms with Crippen LogP contribution in [0.15, 0.2) is 59.9 Å². The number of hydrogen-bond acceptors (Lipinski definition) is 4. The number of aryl methyl sites for hydroxylation is 1. The first-order valence-electron chi connectivity index (χ1n) is 11.4. The Morgan fingerprint density at radius 1 is 1.18 bits per heavy atom. The van der Waals surface area contributed by atoms with Crippen molar-refractivity contribution in [2.24, 2.45) is 10.9 Å². The van der Waals surface area contributed by atoms with Gasteiger partial charge in [0.1, 0.15) is 5.82 Å². The molecule has 0 aliphatic carbocycles.